The van der Waals surface area contributed by atoms with Crippen molar-refractivity contribution in [2.45, 2.75) is 38.1 Å². The molecule has 1 fully saturated rings. The van der Waals surface area contributed by atoms with E-state index >= 15 is 0 Å². The van der Waals surface area contributed by atoms with Gasteiger partial charge >= 0.3 is 0 Å². The van der Waals surface area contributed by atoms with Crippen LogP contribution in [0.3, 0.4) is 0 Å². The van der Waals surface area contributed by atoms with Crippen LogP contribution in [-0.4, -0.2) is 21.0 Å². The molecule has 2 aromatic heterocycles. The number of fused-ring (bicyclic) bond motifs is 1. The van der Waals surface area contributed by atoms with Crippen molar-refractivity contribution in [2.24, 2.45) is 0 Å². The van der Waals surface area contributed by atoms with E-state index in [-0.39, 0.29) is 0 Å². The van der Waals surface area contributed by atoms with Crippen LogP contribution in [0, 0.1) is 0 Å². The molecule has 0 aliphatic heterocycles. The van der Waals surface area contributed by atoms with E-state index < -0.39 is 0 Å². The third-order valence-electron chi connectivity index (χ3n) is 5.68. The molecule has 5 heteroatoms. The second-order valence-corrected chi connectivity index (χ2v) is 7.84. The maximum absolute atomic E-state index is 4.85. The Morgan fingerprint density at radius 3 is 2.47 bits per heavy atom. The zero-order valence-electron chi connectivity index (χ0n) is 16.9. The summed E-state index contributed by atoms with van der Waals surface area (Å²) in [6.45, 7) is 0. The standard InChI is InChI=1S/C25H25N5/c1-2-10-20(11-3-1)28-24-22(23-12-6-7-15-26-23)17-27-25(30-24)29-21-14-13-18-8-4-5-9-19(18)16-21/h4-9,12-17,20H,1-3,10-11H2,(H2,27,28,29,30). The van der Waals surface area contributed by atoms with Crippen molar-refractivity contribution in [3.05, 3.63) is 73.1 Å². The first-order valence-corrected chi connectivity index (χ1v) is 10.7. The Hall–Kier alpha value is -3.47. The molecule has 4 aromatic rings. The number of aromatic nitrogens is 3. The summed E-state index contributed by atoms with van der Waals surface area (Å²) in [5, 5.41) is 9.45. The minimum Gasteiger partial charge on any atom is -0.367 e. The summed E-state index contributed by atoms with van der Waals surface area (Å²) in [5.41, 5.74) is 2.79. The molecule has 2 aromatic carbocycles. The highest BCUT2D eigenvalue weighted by Crippen LogP contribution is 2.29. The van der Waals surface area contributed by atoms with Gasteiger partial charge in [-0.05, 0) is 47.9 Å². The van der Waals surface area contributed by atoms with Crippen LogP contribution in [-0.2, 0) is 0 Å². The summed E-state index contributed by atoms with van der Waals surface area (Å²) < 4.78 is 0. The summed E-state index contributed by atoms with van der Waals surface area (Å²) in [6.07, 6.45) is 9.89. The summed E-state index contributed by atoms with van der Waals surface area (Å²) in [5.74, 6) is 1.43. The molecule has 0 radical (unpaired) electrons. The third kappa shape index (κ3) is 4.10. The van der Waals surface area contributed by atoms with Crippen molar-refractivity contribution >= 4 is 28.2 Å². The smallest absolute Gasteiger partial charge is 0.229 e. The average Bonchev–Trinajstić information content (AvgIpc) is 2.80. The van der Waals surface area contributed by atoms with Crippen molar-refractivity contribution in [3.63, 3.8) is 0 Å². The van der Waals surface area contributed by atoms with Crippen LogP contribution >= 0.6 is 0 Å². The van der Waals surface area contributed by atoms with Crippen molar-refractivity contribution < 1.29 is 0 Å². The van der Waals surface area contributed by atoms with Gasteiger partial charge in [-0.2, -0.15) is 4.98 Å². The summed E-state index contributed by atoms with van der Waals surface area (Å²) >= 11 is 0. The molecule has 150 valence electrons. The number of hydrogen-bond donors (Lipinski definition) is 2. The molecule has 0 unspecified atom stereocenters. The van der Waals surface area contributed by atoms with Crippen LogP contribution in [0.1, 0.15) is 32.1 Å². The Bertz CT molecular complexity index is 1140. The minimum absolute atomic E-state index is 0.449. The van der Waals surface area contributed by atoms with Crippen LogP contribution < -0.4 is 10.6 Å². The number of hydrogen-bond acceptors (Lipinski definition) is 5. The minimum atomic E-state index is 0.449. The van der Waals surface area contributed by atoms with Gasteiger partial charge in [-0.15, -0.1) is 0 Å². The molecule has 1 saturated carbocycles. The van der Waals surface area contributed by atoms with E-state index in [2.05, 4.69) is 63.1 Å². The fourth-order valence-corrected chi connectivity index (χ4v) is 4.10. The van der Waals surface area contributed by atoms with Crippen molar-refractivity contribution in [1.82, 2.24) is 15.0 Å². The predicted octanol–water partition coefficient (Wildman–Crippen LogP) is 6.18. The van der Waals surface area contributed by atoms with Gasteiger partial charge in [0.25, 0.3) is 0 Å². The van der Waals surface area contributed by atoms with Crippen molar-refractivity contribution in [3.8, 4) is 11.3 Å². The molecule has 1 aliphatic carbocycles. The van der Waals surface area contributed by atoms with Gasteiger partial charge in [0.05, 0.1) is 11.3 Å². The van der Waals surface area contributed by atoms with E-state index in [4.69, 9.17) is 4.98 Å². The second kappa shape index (κ2) is 8.49. The van der Waals surface area contributed by atoms with E-state index in [1.807, 2.05) is 24.4 Å². The number of anilines is 3. The first-order valence-electron chi connectivity index (χ1n) is 10.7. The molecule has 1 aliphatic rings. The Kier molecular flexibility index (Phi) is 5.25. The quantitative estimate of drug-likeness (QED) is 0.422. The molecule has 5 nitrogen and oxygen atoms in total. The molecular weight excluding hydrogens is 370 g/mol. The van der Waals surface area contributed by atoms with Crippen LogP contribution in [0.25, 0.3) is 22.0 Å². The molecule has 0 amide bonds. The van der Waals surface area contributed by atoms with Crippen molar-refractivity contribution in [1.29, 1.82) is 0 Å². The third-order valence-corrected chi connectivity index (χ3v) is 5.68. The van der Waals surface area contributed by atoms with Gasteiger partial charge in [0.15, 0.2) is 0 Å². The van der Waals surface area contributed by atoms with Crippen LogP contribution in [0.4, 0.5) is 17.5 Å². The Labute approximate surface area is 176 Å². The number of nitrogens with one attached hydrogen (secondary N) is 2. The zero-order chi connectivity index (χ0) is 20.2. The predicted molar refractivity (Wildman–Crippen MR) is 123 cm³/mol. The van der Waals surface area contributed by atoms with E-state index in [0.717, 1.165) is 22.8 Å². The van der Waals surface area contributed by atoms with Gasteiger partial charge in [-0.1, -0.05) is 55.7 Å². The molecule has 5 rings (SSSR count). The Morgan fingerprint density at radius 1 is 0.800 bits per heavy atom. The van der Waals surface area contributed by atoms with Gasteiger partial charge in [0.1, 0.15) is 5.82 Å². The van der Waals surface area contributed by atoms with Crippen LogP contribution in [0.15, 0.2) is 73.1 Å². The summed E-state index contributed by atoms with van der Waals surface area (Å²) in [7, 11) is 0. The highest BCUT2D eigenvalue weighted by atomic mass is 15.1. The molecule has 2 heterocycles. The lowest BCUT2D eigenvalue weighted by molar-refractivity contribution is 0.462. The highest BCUT2D eigenvalue weighted by Gasteiger charge is 2.17. The number of nitrogens with zero attached hydrogens (tertiary/aromatic N) is 3. The average molecular weight is 396 g/mol. The van der Waals surface area contributed by atoms with E-state index in [0.29, 0.717) is 12.0 Å². The second-order valence-electron chi connectivity index (χ2n) is 7.84. The summed E-state index contributed by atoms with van der Waals surface area (Å²) in [4.78, 5) is 13.9. The first kappa shape index (κ1) is 18.6. The van der Waals surface area contributed by atoms with Gasteiger partial charge in [-0.3, -0.25) is 4.98 Å². The maximum Gasteiger partial charge on any atom is 0.229 e. The largest absolute Gasteiger partial charge is 0.367 e. The lowest BCUT2D eigenvalue weighted by Gasteiger charge is -2.24. The topological polar surface area (TPSA) is 62.7 Å². The maximum atomic E-state index is 4.85. The number of rotatable bonds is 5. The molecular formula is C25H25N5. The fourth-order valence-electron chi connectivity index (χ4n) is 4.10. The normalized spacial score (nSPS) is 14.5. The van der Waals surface area contributed by atoms with Gasteiger partial charge < -0.3 is 10.6 Å². The Morgan fingerprint density at radius 2 is 1.63 bits per heavy atom. The van der Waals surface area contributed by atoms with Crippen molar-refractivity contribution in [2.75, 3.05) is 10.6 Å². The summed E-state index contributed by atoms with van der Waals surface area (Å²) in [6, 6.07) is 21.0. The lowest BCUT2D eigenvalue weighted by atomic mass is 9.95. The number of pyridine rings is 1. The SMILES string of the molecule is c1ccc(-c2cnc(Nc3ccc4ccccc4c3)nc2NC2CCCCC2)nc1. The van der Waals surface area contributed by atoms with Gasteiger partial charge in [0.2, 0.25) is 5.95 Å². The van der Waals surface area contributed by atoms with E-state index in [9.17, 15) is 0 Å². The Balaban J connectivity index is 1.46. The molecule has 0 saturated heterocycles. The number of benzene rings is 2. The van der Waals surface area contributed by atoms with Crippen LogP contribution in [0.5, 0.6) is 0 Å². The lowest BCUT2D eigenvalue weighted by Crippen LogP contribution is -2.23. The molecule has 0 spiro atoms. The van der Waals surface area contributed by atoms with Gasteiger partial charge in [-0.25, -0.2) is 4.98 Å². The molecule has 0 atom stereocenters. The first-order chi connectivity index (χ1) is 14.8. The molecule has 0 bridgehead atoms. The van der Waals surface area contributed by atoms with E-state index in [1.54, 1.807) is 6.20 Å². The molecule has 30 heavy (non-hydrogen) atoms. The monoisotopic (exact) mass is 395 g/mol. The van der Waals surface area contributed by atoms with Gasteiger partial charge in [0, 0.05) is 24.1 Å². The highest BCUT2D eigenvalue weighted by molar-refractivity contribution is 5.86. The fraction of sp³-hybridized carbons (Fsp3) is 0.240. The zero-order valence-corrected chi connectivity index (χ0v) is 16.9. The van der Waals surface area contributed by atoms with E-state index in [1.165, 1.54) is 42.9 Å². The van der Waals surface area contributed by atoms with Crippen LogP contribution in [0.2, 0.25) is 0 Å². The molecule has 2 N–H and O–H groups in total.